The van der Waals surface area contributed by atoms with E-state index in [0.717, 1.165) is 33.3 Å². The topological polar surface area (TPSA) is 49.0 Å². The van der Waals surface area contributed by atoms with Gasteiger partial charge in [-0.15, -0.1) is 0 Å². The van der Waals surface area contributed by atoms with E-state index in [1.54, 1.807) is 18.2 Å². The number of aromatic nitrogens is 3. The van der Waals surface area contributed by atoms with Crippen LogP contribution >= 0.6 is 0 Å². The van der Waals surface area contributed by atoms with Gasteiger partial charge in [0.05, 0.1) is 35.9 Å². The van der Waals surface area contributed by atoms with Crippen molar-refractivity contribution in [3.63, 3.8) is 0 Å². The molecule has 5 nitrogen and oxygen atoms in total. The van der Waals surface area contributed by atoms with Crippen molar-refractivity contribution in [3.8, 4) is 5.69 Å². The van der Waals surface area contributed by atoms with Crippen LogP contribution in [0.2, 0.25) is 0 Å². The third-order valence-corrected chi connectivity index (χ3v) is 5.23. The highest BCUT2D eigenvalue weighted by molar-refractivity contribution is 5.95. The van der Waals surface area contributed by atoms with E-state index in [2.05, 4.69) is 0 Å². The second-order valence-electron chi connectivity index (χ2n) is 7.04. The highest BCUT2D eigenvalue weighted by Crippen LogP contribution is 2.26. The van der Waals surface area contributed by atoms with Crippen molar-refractivity contribution in [2.24, 2.45) is 0 Å². The molecule has 0 unspecified atom stereocenters. The number of benzene rings is 2. The van der Waals surface area contributed by atoms with Crippen LogP contribution < -0.4 is 0 Å². The second kappa shape index (κ2) is 7.15. The summed E-state index contributed by atoms with van der Waals surface area (Å²) in [6.45, 7) is 0.423. The third kappa shape index (κ3) is 3.03. The number of fused-ring (bicyclic) bond motifs is 2. The number of hydrogen-bond acceptors (Lipinski definition) is 3. The van der Waals surface area contributed by atoms with Crippen LogP contribution in [0.25, 0.3) is 27.6 Å². The average Bonchev–Trinajstić information content (AvgIpc) is 3.34. The first-order chi connectivity index (χ1) is 14.6. The number of carbonyl (C=O) groups is 1. The minimum absolute atomic E-state index is 0.294. The molecule has 0 spiro atoms. The predicted octanol–water partition coefficient (Wildman–Crippen LogP) is 4.95. The molecule has 6 heteroatoms. The fraction of sp³-hybridized carbons (Fsp3) is 0.0833. The lowest BCUT2D eigenvalue weighted by Crippen LogP contribution is -2.12. The van der Waals surface area contributed by atoms with Crippen LogP contribution in [0, 0.1) is 5.82 Å². The van der Waals surface area contributed by atoms with Crippen LogP contribution in [0.3, 0.4) is 0 Å². The van der Waals surface area contributed by atoms with E-state index >= 15 is 0 Å². The number of rotatable bonds is 4. The summed E-state index contributed by atoms with van der Waals surface area (Å²) in [4.78, 5) is 17.2. The highest BCUT2D eigenvalue weighted by Gasteiger charge is 2.19. The van der Waals surface area contributed by atoms with Crippen molar-refractivity contribution in [2.75, 3.05) is 7.11 Å². The fourth-order valence-electron chi connectivity index (χ4n) is 3.77. The van der Waals surface area contributed by atoms with E-state index in [9.17, 15) is 9.18 Å². The van der Waals surface area contributed by atoms with Gasteiger partial charge in [0, 0.05) is 17.3 Å². The lowest BCUT2D eigenvalue weighted by Gasteiger charge is -2.09. The Morgan fingerprint density at radius 3 is 2.60 bits per heavy atom. The Kier molecular flexibility index (Phi) is 4.32. The molecule has 0 atom stereocenters. The summed E-state index contributed by atoms with van der Waals surface area (Å²) >= 11 is 0. The van der Waals surface area contributed by atoms with Gasteiger partial charge < -0.3 is 13.9 Å². The first-order valence-corrected chi connectivity index (χ1v) is 9.53. The average molecular weight is 399 g/mol. The van der Waals surface area contributed by atoms with Gasteiger partial charge in [0.25, 0.3) is 0 Å². The smallest absolute Gasteiger partial charge is 0.354 e. The molecule has 30 heavy (non-hydrogen) atoms. The van der Waals surface area contributed by atoms with E-state index < -0.39 is 5.97 Å². The molecule has 0 aliphatic carbocycles. The van der Waals surface area contributed by atoms with Crippen LogP contribution in [0.1, 0.15) is 16.2 Å². The largest absolute Gasteiger partial charge is 0.464 e. The number of pyridine rings is 1. The quantitative estimate of drug-likeness (QED) is 0.402. The van der Waals surface area contributed by atoms with Gasteiger partial charge in [-0.1, -0.05) is 24.3 Å². The Morgan fingerprint density at radius 2 is 1.80 bits per heavy atom. The van der Waals surface area contributed by atoms with Gasteiger partial charge in [-0.25, -0.2) is 9.18 Å². The van der Waals surface area contributed by atoms with E-state index in [4.69, 9.17) is 9.72 Å². The van der Waals surface area contributed by atoms with Crippen LogP contribution in [-0.4, -0.2) is 27.2 Å². The summed E-state index contributed by atoms with van der Waals surface area (Å²) in [6, 6.07) is 21.9. The number of para-hydroxylation sites is 1. The van der Waals surface area contributed by atoms with Crippen molar-refractivity contribution >= 4 is 27.9 Å². The number of methoxy groups -OCH3 is 1. The standard InChI is InChI=1S/C24H18FN3O2/c1-30-24(29)23-14-22-21(12-13-27(22)19-10-7-17(25)8-11-19)28(23)15-18-9-6-16-4-2-3-5-20(16)26-18/h2-14H,15H2,1H3. The van der Waals surface area contributed by atoms with Gasteiger partial charge in [-0.2, -0.15) is 0 Å². The normalized spacial score (nSPS) is 11.3. The first-order valence-electron chi connectivity index (χ1n) is 9.53. The first kappa shape index (κ1) is 18.1. The predicted molar refractivity (Wildman–Crippen MR) is 113 cm³/mol. The number of ether oxygens (including phenoxy) is 1. The van der Waals surface area contributed by atoms with Crippen molar-refractivity contribution in [1.82, 2.24) is 14.1 Å². The Hall–Kier alpha value is -3.93. The number of halogens is 1. The molecule has 0 N–H and O–H groups in total. The van der Waals surface area contributed by atoms with Crippen LogP contribution in [0.5, 0.6) is 0 Å². The maximum Gasteiger partial charge on any atom is 0.354 e. The molecule has 0 amide bonds. The van der Waals surface area contributed by atoms with E-state index in [1.807, 2.05) is 57.8 Å². The molecule has 148 valence electrons. The van der Waals surface area contributed by atoms with Crippen molar-refractivity contribution in [3.05, 3.63) is 96.2 Å². The van der Waals surface area contributed by atoms with Gasteiger partial charge in [-0.3, -0.25) is 4.98 Å². The zero-order chi connectivity index (χ0) is 20.7. The van der Waals surface area contributed by atoms with Crippen molar-refractivity contribution < 1.29 is 13.9 Å². The Morgan fingerprint density at radius 1 is 1.00 bits per heavy atom. The highest BCUT2D eigenvalue weighted by atomic mass is 19.1. The summed E-state index contributed by atoms with van der Waals surface area (Å²) in [5, 5.41) is 1.06. The monoisotopic (exact) mass is 399 g/mol. The lowest BCUT2D eigenvalue weighted by molar-refractivity contribution is 0.0589. The number of nitrogens with zero attached hydrogens (tertiary/aromatic N) is 3. The Bertz CT molecular complexity index is 1380. The molecule has 0 bridgehead atoms. The molecule has 0 aliphatic rings. The fourth-order valence-corrected chi connectivity index (χ4v) is 3.77. The minimum atomic E-state index is -0.419. The van der Waals surface area contributed by atoms with E-state index in [0.29, 0.717) is 12.2 Å². The van der Waals surface area contributed by atoms with Crippen LogP contribution in [0.4, 0.5) is 4.39 Å². The lowest BCUT2D eigenvalue weighted by atomic mass is 10.2. The zero-order valence-electron chi connectivity index (χ0n) is 16.2. The summed E-state index contributed by atoms with van der Waals surface area (Å²) in [6.07, 6.45) is 1.91. The molecular formula is C24H18FN3O2. The van der Waals surface area contributed by atoms with Crippen LogP contribution in [0.15, 0.2) is 79.0 Å². The van der Waals surface area contributed by atoms with Crippen molar-refractivity contribution in [1.29, 1.82) is 0 Å². The Labute approximate surface area is 172 Å². The van der Waals surface area contributed by atoms with Crippen LogP contribution in [-0.2, 0) is 11.3 Å². The van der Waals surface area contributed by atoms with Gasteiger partial charge >= 0.3 is 5.97 Å². The molecule has 5 rings (SSSR count). The molecule has 2 aromatic carbocycles. The van der Waals surface area contributed by atoms with Gasteiger partial charge in [0.15, 0.2) is 0 Å². The van der Waals surface area contributed by atoms with Crippen molar-refractivity contribution in [2.45, 2.75) is 6.54 Å². The molecule has 0 fully saturated rings. The number of hydrogen-bond donors (Lipinski definition) is 0. The van der Waals surface area contributed by atoms with Gasteiger partial charge in [0.1, 0.15) is 11.5 Å². The minimum Gasteiger partial charge on any atom is -0.464 e. The summed E-state index contributed by atoms with van der Waals surface area (Å²) in [5.41, 5.74) is 4.70. The molecular weight excluding hydrogens is 381 g/mol. The second-order valence-corrected chi connectivity index (χ2v) is 7.04. The summed E-state index contributed by atoms with van der Waals surface area (Å²) in [7, 11) is 1.37. The Balaban J connectivity index is 1.63. The SMILES string of the molecule is COC(=O)c1cc2c(ccn2-c2ccc(F)cc2)n1Cc1ccc2ccccc2n1. The van der Waals surface area contributed by atoms with E-state index in [-0.39, 0.29) is 5.82 Å². The molecule has 3 heterocycles. The molecule has 5 aromatic rings. The summed E-state index contributed by atoms with van der Waals surface area (Å²) in [5.74, 6) is -0.713. The van der Waals surface area contributed by atoms with Gasteiger partial charge in [-0.05, 0) is 48.5 Å². The van der Waals surface area contributed by atoms with Gasteiger partial charge in [0.2, 0.25) is 0 Å². The maximum absolute atomic E-state index is 13.3. The molecule has 0 saturated carbocycles. The van der Waals surface area contributed by atoms with E-state index in [1.165, 1.54) is 19.2 Å². The molecule has 0 aliphatic heterocycles. The maximum atomic E-state index is 13.3. The third-order valence-electron chi connectivity index (χ3n) is 5.23. The molecule has 0 saturated heterocycles. The number of esters is 1. The summed E-state index contributed by atoms with van der Waals surface area (Å²) < 4.78 is 22.2. The molecule has 3 aromatic heterocycles. The molecule has 0 radical (unpaired) electrons. The number of carbonyl (C=O) groups excluding carboxylic acids is 1. The zero-order valence-corrected chi connectivity index (χ0v) is 16.2.